The molecule has 1 aromatic heterocycles. The molecule has 1 aliphatic rings. The number of nitrogens with zero attached hydrogens (tertiary/aromatic N) is 1. The highest BCUT2D eigenvalue weighted by atomic mass is 32.1. The summed E-state index contributed by atoms with van der Waals surface area (Å²) in [5, 5.41) is 3.09. The number of ether oxygens (including phenoxy) is 1. The SMILES string of the molecule is CC(=O)Cc1csc(CC2CCCCO2)n1. The molecule has 0 aliphatic carbocycles. The quantitative estimate of drug-likeness (QED) is 0.810. The van der Waals surface area contributed by atoms with Crippen LogP contribution < -0.4 is 0 Å². The summed E-state index contributed by atoms with van der Waals surface area (Å²) < 4.78 is 5.67. The van der Waals surface area contributed by atoms with E-state index in [2.05, 4.69) is 4.98 Å². The molecule has 0 aromatic carbocycles. The summed E-state index contributed by atoms with van der Waals surface area (Å²) in [4.78, 5) is 15.4. The van der Waals surface area contributed by atoms with Crippen LogP contribution in [0.2, 0.25) is 0 Å². The Bertz CT molecular complexity index is 356. The molecular formula is C12H17NO2S. The molecule has 4 heteroatoms. The number of ketones is 1. The first-order chi connectivity index (χ1) is 7.74. The van der Waals surface area contributed by atoms with Crippen LogP contribution in [-0.4, -0.2) is 23.5 Å². The average molecular weight is 239 g/mol. The summed E-state index contributed by atoms with van der Waals surface area (Å²) in [6.45, 7) is 2.49. The molecule has 2 heterocycles. The molecule has 0 radical (unpaired) electrons. The maximum Gasteiger partial charge on any atom is 0.135 e. The van der Waals surface area contributed by atoms with Crippen molar-refractivity contribution >= 4 is 17.1 Å². The van der Waals surface area contributed by atoms with Gasteiger partial charge in [-0.05, 0) is 26.2 Å². The highest BCUT2D eigenvalue weighted by Crippen LogP contribution is 2.19. The van der Waals surface area contributed by atoms with Crippen LogP contribution in [0.4, 0.5) is 0 Å². The summed E-state index contributed by atoms with van der Waals surface area (Å²) in [6, 6.07) is 0. The highest BCUT2D eigenvalue weighted by Gasteiger charge is 2.16. The van der Waals surface area contributed by atoms with Gasteiger partial charge in [0.2, 0.25) is 0 Å². The van der Waals surface area contributed by atoms with Gasteiger partial charge in [-0.1, -0.05) is 0 Å². The number of hydrogen-bond acceptors (Lipinski definition) is 4. The molecule has 1 aliphatic heterocycles. The van der Waals surface area contributed by atoms with Gasteiger partial charge < -0.3 is 4.74 Å². The number of thiazole rings is 1. The van der Waals surface area contributed by atoms with Crippen molar-refractivity contribution in [1.29, 1.82) is 0 Å². The second kappa shape index (κ2) is 5.55. The Balaban J connectivity index is 1.88. The zero-order valence-corrected chi connectivity index (χ0v) is 10.4. The number of hydrogen-bond donors (Lipinski definition) is 0. The predicted molar refractivity (Wildman–Crippen MR) is 63.8 cm³/mol. The molecule has 1 fully saturated rings. The van der Waals surface area contributed by atoms with Crippen molar-refractivity contribution in [2.45, 2.75) is 45.1 Å². The fraction of sp³-hybridized carbons (Fsp3) is 0.667. The summed E-state index contributed by atoms with van der Waals surface area (Å²) >= 11 is 1.64. The first-order valence-electron chi connectivity index (χ1n) is 5.78. The molecule has 1 saturated heterocycles. The van der Waals surface area contributed by atoms with Gasteiger partial charge in [-0.25, -0.2) is 4.98 Å². The lowest BCUT2D eigenvalue weighted by Gasteiger charge is -2.21. The Kier molecular flexibility index (Phi) is 4.07. The fourth-order valence-electron chi connectivity index (χ4n) is 1.94. The van der Waals surface area contributed by atoms with Gasteiger partial charge in [-0.2, -0.15) is 0 Å². The van der Waals surface area contributed by atoms with Crippen molar-refractivity contribution in [3.05, 3.63) is 16.1 Å². The van der Waals surface area contributed by atoms with E-state index in [0.29, 0.717) is 12.5 Å². The van der Waals surface area contributed by atoms with Crippen LogP contribution in [0.25, 0.3) is 0 Å². The smallest absolute Gasteiger partial charge is 0.135 e. The maximum atomic E-state index is 11.0. The number of rotatable bonds is 4. The van der Waals surface area contributed by atoms with E-state index in [1.807, 2.05) is 5.38 Å². The minimum atomic E-state index is 0.172. The van der Waals surface area contributed by atoms with E-state index in [4.69, 9.17) is 4.74 Å². The first-order valence-corrected chi connectivity index (χ1v) is 6.66. The van der Waals surface area contributed by atoms with Crippen molar-refractivity contribution < 1.29 is 9.53 Å². The molecule has 1 atom stereocenters. The number of Topliss-reactive ketones (excluding diaryl/α,β-unsaturated/α-hetero) is 1. The van der Waals surface area contributed by atoms with Crippen molar-refractivity contribution in [1.82, 2.24) is 4.98 Å². The van der Waals surface area contributed by atoms with Gasteiger partial charge in [0.1, 0.15) is 5.78 Å². The number of carbonyl (C=O) groups is 1. The van der Waals surface area contributed by atoms with Gasteiger partial charge in [0.15, 0.2) is 0 Å². The highest BCUT2D eigenvalue weighted by molar-refractivity contribution is 7.09. The third kappa shape index (κ3) is 3.39. The molecule has 0 bridgehead atoms. The minimum absolute atomic E-state index is 0.172. The average Bonchev–Trinajstić information content (AvgIpc) is 2.66. The molecule has 88 valence electrons. The second-order valence-corrected chi connectivity index (χ2v) is 5.25. The van der Waals surface area contributed by atoms with Crippen molar-refractivity contribution in [3.63, 3.8) is 0 Å². The van der Waals surface area contributed by atoms with Crippen LogP contribution >= 0.6 is 11.3 Å². The van der Waals surface area contributed by atoms with Crippen LogP contribution in [0.5, 0.6) is 0 Å². The molecule has 3 nitrogen and oxygen atoms in total. The van der Waals surface area contributed by atoms with E-state index in [9.17, 15) is 4.79 Å². The van der Waals surface area contributed by atoms with Crippen LogP contribution in [0.1, 0.15) is 36.9 Å². The second-order valence-electron chi connectivity index (χ2n) is 4.30. The fourth-order valence-corrected chi connectivity index (χ4v) is 2.80. The summed E-state index contributed by atoms with van der Waals surface area (Å²) in [5.74, 6) is 0.172. The molecule has 0 spiro atoms. The summed E-state index contributed by atoms with van der Waals surface area (Å²) in [5.41, 5.74) is 0.906. The molecular weight excluding hydrogens is 222 g/mol. The molecule has 1 unspecified atom stereocenters. The Labute approximate surface area is 99.8 Å². The maximum absolute atomic E-state index is 11.0. The van der Waals surface area contributed by atoms with Gasteiger partial charge in [0.25, 0.3) is 0 Å². The van der Waals surface area contributed by atoms with Crippen molar-refractivity contribution in [3.8, 4) is 0 Å². The molecule has 0 saturated carbocycles. The molecule has 16 heavy (non-hydrogen) atoms. The van der Waals surface area contributed by atoms with Crippen LogP contribution in [0.15, 0.2) is 5.38 Å². The van der Waals surface area contributed by atoms with Crippen LogP contribution in [0, 0.1) is 0 Å². The normalized spacial score (nSPS) is 20.9. The third-order valence-electron chi connectivity index (χ3n) is 2.71. The van der Waals surface area contributed by atoms with Crippen molar-refractivity contribution in [2.24, 2.45) is 0 Å². The molecule has 0 amide bonds. The Morgan fingerprint density at radius 1 is 1.62 bits per heavy atom. The lowest BCUT2D eigenvalue weighted by Crippen LogP contribution is -2.21. The zero-order valence-electron chi connectivity index (χ0n) is 9.57. The number of carbonyl (C=O) groups excluding carboxylic acids is 1. The Morgan fingerprint density at radius 2 is 2.50 bits per heavy atom. The van der Waals surface area contributed by atoms with Gasteiger partial charge in [-0.3, -0.25) is 4.79 Å². The lowest BCUT2D eigenvalue weighted by atomic mass is 10.1. The van der Waals surface area contributed by atoms with Gasteiger partial charge >= 0.3 is 0 Å². The molecule has 2 rings (SSSR count). The van der Waals surface area contributed by atoms with Crippen LogP contribution in [-0.2, 0) is 22.4 Å². The third-order valence-corrected chi connectivity index (χ3v) is 3.63. The Hall–Kier alpha value is -0.740. The van der Waals surface area contributed by atoms with Gasteiger partial charge in [0.05, 0.1) is 16.8 Å². The molecule has 1 aromatic rings. The van der Waals surface area contributed by atoms with E-state index in [1.54, 1.807) is 18.3 Å². The molecule has 0 N–H and O–H groups in total. The van der Waals surface area contributed by atoms with E-state index < -0.39 is 0 Å². The lowest BCUT2D eigenvalue weighted by molar-refractivity contribution is -0.116. The van der Waals surface area contributed by atoms with Crippen molar-refractivity contribution in [2.75, 3.05) is 6.61 Å². The minimum Gasteiger partial charge on any atom is -0.378 e. The summed E-state index contributed by atoms with van der Waals surface area (Å²) in [7, 11) is 0. The Morgan fingerprint density at radius 3 is 3.19 bits per heavy atom. The van der Waals surface area contributed by atoms with E-state index in [1.165, 1.54) is 12.8 Å². The van der Waals surface area contributed by atoms with Gasteiger partial charge in [-0.15, -0.1) is 11.3 Å². The largest absolute Gasteiger partial charge is 0.378 e. The summed E-state index contributed by atoms with van der Waals surface area (Å²) in [6.07, 6.45) is 5.29. The first kappa shape index (κ1) is 11.7. The van der Waals surface area contributed by atoms with Crippen LogP contribution in [0.3, 0.4) is 0 Å². The van der Waals surface area contributed by atoms with E-state index in [0.717, 1.165) is 30.2 Å². The predicted octanol–water partition coefficient (Wildman–Crippen LogP) is 2.39. The monoisotopic (exact) mass is 239 g/mol. The topological polar surface area (TPSA) is 39.2 Å². The van der Waals surface area contributed by atoms with E-state index >= 15 is 0 Å². The zero-order chi connectivity index (χ0) is 11.4. The van der Waals surface area contributed by atoms with Gasteiger partial charge in [0, 0.05) is 24.8 Å². The number of aromatic nitrogens is 1. The standard InChI is InChI=1S/C12H17NO2S/c1-9(14)6-10-8-16-12(13-10)7-11-4-2-3-5-15-11/h8,11H,2-7H2,1H3. The van der Waals surface area contributed by atoms with E-state index in [-0.39, 0.29) is 5.78 Å².